The summed E-state index contributed by atoms with van der Waals surface area (Å²) in [7, 11) is 0. The minimum absolute atomic E-state index is 0.333. The van der Waals surface area contributed by atoms with Crippen LogP contribution in [-0.4, -0.2) is 19.2 Å². The SMILES string of the molecule is CCC1CCC(CNCC2Cc3ccccc3O2)CC1. The zero-order valence-corrected chi connectivity index (χ0v) is 12.6. The van der Waals surface area contributed by atoms with E-state index in [0.29, 0.717) is 6.10 Å². The summed E-state index contributed by atoms with van der Waals surface area (Å²) in [6, 6.07) is 8.42. The molecule has 1 N–H and O–H groups in total. The highest BCUT2D eigenvalue weighted by Crippen LogP contribution is 2.30. The molecule has 2 heteroatoms. The third-order valence-electron chi connectivity index (χ3n) is 5.06. The fourth-order valence-corrected chi connectivity index (χ4v) is 3.66. The van der Waals surface area contributed by atoms with Gasteiger partial charge in [-0.2, -0.15) is 0 Å². The minimum atomic E-state index is 0.333. The zero-order chi connectivity index (χ0) is 13.8. The van der Waals surface area contributed by atoms with Gasteiger partial charge < -0.3 is 10.1 Å². The molecule has 2 nitrogen and oxygen atoms in total. The lowest BCUT2D eigenvalue weighted by molar-refractivity contribution is 0.214. The van der Waals surface area contributed by atoms with Crippen molar-refractivity contribution in [2.45, 2.75) is 51.6 Å². The van der Waals surface area contributed by atoms with Gasteiger partial charge in [0.25, 0.3) is 0 Å². The van der Waals surface area contributed by atoms with Crippen LogP contribution in [0.4, 0.5) is 0 Å². The van der Waals surface area contributed by atoms with Crippen molar-refractivity contribution in [3.63, 3.8) is 0 Å². The molecule has 0 radical (unpaired) electrons. The van der Waals surface area contributed by atoms with Crippen molar-refractivity contribution < 1.29 is 4.74 Å². The van der Waals surface area contributed by atoms with Crippen molar-refractivity contribution in [1.82, 2.24) is 5.32 Å². The number of fused-ring (bicyclic) bond motifs is 1. The third-order valence-corrected chi connectivity index (χ3v) is 5.06. The number of ether oxygens (including phenoxy) is 1. The van der Waals surface area contributed by atoms with Crippen LogP contribution in [0.3, 0.4) is 0 Å². The number of para-hydroxylation sites is 1. The topological polar surface area (TPSA) is 21.3 Å². The van der Waals surface area contributed by atoms with E-state index in [1.165, 1.54) is 44.2 Å². The molecule has 1 atom stereocenters. The molecule has 1 saturated carbocycles. The summed E-state index contributed by atoms with van der Waals surface area (Å²) in [5, 5.41) is 3.64. The first-order valence-electron chi connectivity index (χ1n) is 8.30. The highest BCUT2D eigenvalue weighted by Gasteiger charge is 2.23. The molecule has 1 aromatic carbocycles. The Hall–Kier alpha value is -1.02. The molecule has 0 amide bonds. The maximum Gasteiger partial charge on any atom is 0.123 e. The van der Waals surface area contributed by atoms with E-state index in [4.69, 9.17) is 4.74 Å². The lowest BCUT2D eigenvalue weighted by atomic mass is 9.81. The van der Waals surface area contributed by atoms with Gasteiger partial charge >= 0.3 is 0 Å². The first kappa shape index (κ1) is 13.9. The van der Waals surface area contributed by atoms with Crippen molar-refractivity contribution in [2.24, 2.45) is 11.8 Å². The van der Waals surface area contributed by atoms with Crippen molar-refractivity contribution in [3.05, 3.63) is 29.8 Å². The molecule has 1 aliphatic carbocycles. The third kappa shape index (κ3) is 3.35. The first-order valence-corrected chi connectivity index (χ1v) is 8.30. The largest absolute Gasteiger partial charge is 0.488 e. The number of hydrogen-bond donors (Lipinski definition) is 1. The normalized spacial score (nSPS) is 28.9. The van der Waals surface area contributed by atoms with Crippen LogP contribution in [-0.2, 0) is 6.42 Å². The lowest BCUT2D eigenvalue weighted by Gasteiger charge is -2.28. The molecule has 110 valence electrons. The summed E-state index contributed by atoms with van der Waals surface area (Å²) >= 11 is 0. The van der Waals surface area contributed by atoms with E-state index in [0.717, 1.165) is 30.6 Å². The summed E-state index contributed by atoms with van der Waals surface area (Å²) in [5.41, 5.74) is 1.36. The van der Waals surface area contributed by atoms with Crippen LogP contribution in [0.15, 0.2) is 24.3 Å². The predicted molar refractivity (Wildman–Crippen MR) is 83.2 cm³/mol. The summed E-state index contributed by atoms with van der Waals surface area (Å²) in [4.78, 5) is 0. The highest BCUT2D eigenvalue weighted by atomic mass is 16.5. The quantitative estimate of drug-likeness (QED) is 0.881. The number of rotatable bonds is 5. The van der Waals surface area contributed by atoms with Crippen molar-refractivity contribution in [3.8, 4) is 5.75 Å². The van der Waals surface area contributed by atoms with E-state index in [2.05, 4.69) is 36.5 Å². The second-order valence-electron chi connectivity index (χ2n) is 6.50. The van der Waals surface area contributed by atoms with E-state index in [1.54, 1.807) is 0 Å². The standard InChI is InChI=1S/C18H27NO/c1-2-14-7-9-15(10-8-14)12-19-13-17-11-16-5-3-4-6-18(16)20-17/h3-6,14-15,17,19H,2,7-13H2,1H3. The average Bonchev–Trinajstić information content (AvgIpc) is 2.90. The molecular formula is C18H27NO. The van der Waals surface area contributed by atoms with E-state index in [9.17, 15) is 0 Å². The summed E-state index contributed by atoms with van der Waals surface area (Å²) in [6.45, 7) is 4.49. The number of nitrogens with one attached hydrogen (secondary N) is 1. The molecule has 1 aliphatic heterocycles. The van der Waals surface area contributed by atoms with Gasteiger partial charge in [0.1, 0.15) is 11.9 Å². The summed E-state index contributed by atoms with van der Waals surface area (Å²) in [5.74, 6) is 2.98. The Labute approximate surface area is 122 Å². The molecule has 1 aromatic rings. The molecule has 0 spiro atoms. The molecule has 3 rings (SSSR count). The summed E-state index contributed by atoms with van der Waals surface area (Å²) in [6.07, 6.45) is 8.47. The van der Waals surface area contributed by atoms with Gasteiger partial charge in [-0.25, -0.2) is 0 Å². The Morgan fingerprint density at radius 3 is 2.55 bits per heavy atom. The molecule has 1 unspecified atom stereocenters. The monoisotopic (exact) mass is 273 g/mol. The van der Waals surface area contributed by atoms with Crippen LogP contribution in [0.1, 0.15) is 44.6 Å². The minimum Gasteiger partial charge on any atom is -0.488 e. The Bertz CT molecular complexity index is 398. The number of benzene rings is 1. The lowest BCUT2D eigenvalue weighted by Crippen LogP contribution is -2.34. The average molecular weight is 273 g/mol. The smallest absolute Gasteiger partial charge is 0.123 e. The van der Waals surface area contributed by atoms with Crippen molar-refractivity contribution in [1.29, 1.82) is 0 Å². The molecule has 1 fully saturated rings. The van der Waals surface area contributed by atoms with Gasteiger partial charge in [0.15, 0.2) is 0 Å². The molecule has 0 saturated heterocycles. The molecule has 0 aromatic heterocycles. The summed E-state index contributed by atoms with van der Waals surface area (Å²) < 4.78 is 5.97. The van der Waals surface area contributed by atoms with Gasteiger partial charge in [0.2, 0.25) is 0 Å². The Morgan fingerprint density at radius 1 is 1.05 bits per heavy atom. The Kier molecular flexibility index (Phi) is 4.62. The Balaban J connectivity index is 1.36. The van der Waals surface area contributed by atoms with Crippen LogP contribution in [0.5, 0.6) is 5.75 Å². The first-order chi connectivity index (χ1) is 9.85. The van der Waals surface area contributed by atoms with Crippen molar-refractivity contribution >= 4 is 0 Å². The van der Waals surface area contributed by atoms with Gasteiger partial charge in [0, 0.05) is 13.0 Å². The van der Waals surface area contributed by atoms with E-state index < -0.39 is 0 Å². The van der Waals surface area contributed by atoms with Gasteiger partial charge in [-0.15, -0.1) is 0 Å². The second-order valence-corrected chi connectivity index (χ2v) is 6.50. The van der Waals surface area contributed by atoms with Gasteiger partial charge in [-0.05, 0) is 42.9 Å². The van der Waals surface area contributed by atoms with Crippen LogP contribution < -0.4 is 10.1 Å². The van der Waals surface area contributed by atoms with Crippen molar-refractivity contribution in [2.75, 3.05) is 13.1 Å². The highest BCUT2D eigenvalue weighted by molar-refractivity contribution is 5.37. The molecule has 20 heavy (non-hydrogen) atoms. The maximum atomic E-state index is 5.97. The molecule has 2 aliphatic rings. The molecule has 0 bridgehead atoms. The molecule has 1 heterocycles. The van der Waals surface area contributed by atoms with Crippen LogP contribution in [0.25, 0.3) is 0 Å². The fourth-order valence-electron chi connectivity index (χ4n) is 3.66. The predicted octanol–water partition coefficient (Wildman–Crippen LogP) is 3.80. The van der Waals surface area contributed by atoms with Crippen LogP contribution in [0, 0.1) is 11.8 Å². The van der Waals surface area contributed by atoms with Gasteiger partial charge in [-0.3, -0.25) is 0 Å². The van der Waals surface area contributed by atoms with Gasteiger partial charge in [-0.1, -0.05) is 44.4 Å². The van der Waals surface area contributed by atoms with E-state index in [1.807, 2.05) is 0 Å². The Morgan fingerprint density at radius 2 is 1.80 bits per heavy atom. The fraction of sp³-hybridized carbons (Fsp3) is 0.667. The molecular weight excluding hydrogens is 246 g/mol. The van der Waals surface area contributed by atoms with Crippen LogP contribution >= 0.6 is 0 Å². The van der Waals surface area contributed by atoms with E-state index >= 15 is 0 Å². The number of hydrogen-bond acceptors (Lipinski definition) is 2. The second kappa shape index (κ2) is 6.62. The van der Waals surface area contributed by atoms with E-state index in [-0.39, 0.29) is 0 Å². The van der Waals surface area contributed by atoms with Crippen LogP contribution in [0.2, 0.25) is 0 Å². The van der Waals surface area contributed by atoms with Gasteiger partial charge in [0.05, 0.1) is 0 Å². The zero-order valence-electron chi connectivity index (χ0n) is 12.6. The maximum absolute atomic E-state index is 5.97.